The average Bonchev–Trinajstić information content (AvgIpc) is 3.72. The van der Waals surface area contributed by atoms with Gasteiger partial charge in [-0.15, -0.1) is 5.10 Å². The first-order chi connectivity index (χ1) is 19.5. The number of H-pyrrole nitrogens is 1. The van der Waals surface area contributed by atoms with Crippen molar-refractivity contribution in [1.82, 2.24) is 35.1 Å². The lowest BCUT2D eigenvalue weighted by Crippen LogP contribution is -2.49. The number of para-hydroxylation sites is 1. The molecule has 0 amide bonds. The highest BCUT2D eigenvalue weighted by Gasteiger charge is 2.33. The zero-order valence-corrected chi connectivity index (χ0v) is 23.1. The molecule has 0 radical (unpaired) electrons. The molecule has 1 aliphatic heterocycles. The van der Waals surface area contributed by atoms with Crippen LogP contribution in [-0.2, 0) is 6.54 Å². The predicted molar refractivity (Wildman–Crippen MR) is 155 cm³/mol. The van der Waals surface area contributed by atoms with E-state index in [-0.39, 0.29) is 5.56 Å². The molecule has 4 aromatic heterocycles. The van der Waals surface area contributed by atoms with Crippen molar-refractivity contribution in [2.75, 3.05) is 31.1 Å². The van der Waals surface area contributed by atoms with Gasteiger partial charge in [-0.2, -0.15) is 0 Å². The number of hydrogen-bond acceptors (Lipinski definition) is 9. The number of aromatic nitrogens is 6. The Hall–Kier alpha value is -4.35. The second-order valence-electron chi connectivity index (χ2n) is 10.3. The van der Waals surface area contributed by atoms with Crippen molar-refractivity contribution in [3.8, 4) is 0 Å². The van der Waals surface area contributed by atoms with E-state index in [4.69, 9.17) is 9.40 Å². The van der Waals surface area contributed by atoms with E-state index in [1.807, 2.05) is 37.3 Å². The average molecular weight is 553 g/mol. The van der Waals surface area contributed by atoms with Crippen LogP contribution < -0.4 is 10.5 Å². The molecular formula is C29H28N8O2S. The molecule has 5 heterocycles. The topological polar surface area (TPSA) is 109 Å². The summed E-state index contributed by atoms with van der Waals surface area (Å²) < 4.78 is 8.49. The number of pyridine rings is 1. The Balaban J connectivity index is 1.27. The predicted octanol–water partition coefficient (Wildman–Crippen LogP) is 4.29. The molecule has 40 heavy (non-hydrogen) atoms. The second kappa shape index (κ2) is 10.00. The van der Waals surface area contributed by atoms with Gasteiger partial charge in [0, 0.05) is 31.7 Å². The van der Waals surface area contributed by atoms with Gasteiger partial charge in [0.15, 0.2) is 11.0 Å². The fraction of sp³-hybridized carbons (Fsp3) is 0.276. The Morgan fingerprint density at radius 1 is 1.05 bits per heavy atom. The van der Waals surface area contributed by atoms with Crippen LogP contribution in [0.3, 0.4) is 0 Å². The number of hydrogen-bond donors (Lipinski definition) is 1. The van der Waals surface area contributed by atoms with Crippen molar-refractivity contribution < 1.29 is 4.42 Å². The van der Waals surface area contributed by atoms with Crippen LogP contribution in [0.25, 0.3) is 21.1 Å². The number of furan rings is 1. The van der Waals surface area contributed by atoms with Crippen LogP contribution in [0.1, 0.15) is 34.3 Å². The van der Waals surface area contributed by atoms with E-state index in [0.29, 0.717) is 17.9 Å². The number of rotatable bonds is 6. The number of aryl methyl sites for hydroxylation is 2. The highest BCUT2D eigenvalue weighted by atomic mass is 32.1. The molecule has 0 spiro atoms. The van der Waals surface area contributed by atoms with Gasteiger partial charge >= 0.3 is 0 Å². The van der Waals surface area contributed by atoms with Gasteiger partial charge < -0.3 is 14.3 Å². The Labute approximate surface area is 233 Å². The standard InChI is InChI=1S/C29H28N8O2S/c1-18-14-19(2)25-20(15-18)16-22(28(38)31-25)26(27-32-33-34-37(27)17-21-6-5-13-39-21)35-9-11-36(12-10-35)29-30-23-7-3-4-8-24(23)40-29/h3-8,13-16,26H,9-12,17H2,1-2H3,(H,31,38). The maximum atomic E-state index is 13.7. The third-order valence-electron chi connectivity index (χ3n) is 7.54. The Kier molecular flexibility index (Phi) is 6.17. The lowest BCUT2D eigenvalue weighted by Gasteiger charge is -2.38. The van der Waals surface area contributed by atoms with Crippen molar-refractivity contribution >= 4 is 37.6 Å². The minimum atomic E-state index is -0.434. The molecule has 1 saturated heterocycles. The highest BCUT2D eigenvalue weighted by Crippen LogP contribution is 2.32. The van der Waals surface area contributed by atoms with E-state index in [1.54, 1.807) is 22.3 Å². The second-order valence-corrected chi connectivity index (χ2v) is 11.3. The summed E-state index contributed by atoms with van der Waals surface area (Å²) in [7, 11) is 0. The van der Waals surface area contributed by atoms with Gasteiger partial charge in [-0.25, -0.2) is 9.67 Å². The number of nitrogens with one attached hydrogen (secondary N) is 1. The number of benzene rings is 2. The zero-order valence-electron chi connectivity index (χ0n) is 22.2. The van der Waals surface area contributed by atoms with E-state index in [1.165, 1.54) is 4.70 Å². The van der Waals surface area contributed by atoms with Crippen LogP contribution in [0, 0.1) is 13.8 Å². The number of fused-ring (bicyclic) bond motifs is 2. The van der Waals surface area contributed by atoms with Crippen LogP contribution in [-0.4, -0.2) is 61.3 Å². The van der Waals surface area contributed by atoms with Gasteiger partial charge in [0.2, 0.25) is 0 Å². The van der Waals surface area contributed by atoms with Crippen molar-refractivity contribution in [2.45, 2.75) is 26.4 Å². The molecule has 2 aromatic carbocycles. The fourth-order valence-electron chi connectivity index (χ4n) is 5.64. The monoisotopic (exact) mass is 552 g/mol. The number of nitrogens with zero attached hydrogens (tertiary/aromatic N) is 7. The van der Waals surface area contributed by atoms with Gasteiger partial charge in [0.05, 0.1) is 22.0 Å². The SMILES string of the molecule is Cc1cc(C)c2[nH]c(=O)c(C(c3nnnn3Cc3ccco3)N3CCN(c4nc5ccccc5s4)CC3)cc2c1. The van der Waals surface area contributed by atoms with Crippen LogP contribution in [0.2, 0.25) is 0 Å². The van der Waals surface area contributed by atoms with Crippen molar-refractivity contribution in [3.05, 3.63) is 99.5 Å². The lowest BCUT2D eigenvalue weighted by atomic mass is 10.00. The first-order valence-corrected chi connectivity index (χ1v) is 14.1. The quantitative estimate of drug-likeness (QED) is 0.326. The van der Waals surface area contributed by atoms with Crippen molar-refractivity contribution in [2.24, 2.45) is 0 Å². The molecule has 11 heteroatoms. The summed E-state index contributed by atoms with van der Waals surface area (Å²) in [6, 6.07) is 17.7. The van der Waals surface area contributed by atoms with Crippen molar-refractivity contribution in [3.63, 3.8) is 0 Å². The molecule has 1 fully saturated rings. The highest BCUT2D eigenvalue weighted by molar-refractivity contribution is 7.22. The molecule has 1 N–H and O–H groups in total. The van der Waals surface area contributed by atoms with E-state index < -0.39 is 6.04 Å². The third kappa shape index (κ3) is 4.46. The van der Waals surface area contributed by atoms with Crippen LogP contribution in [0.15, 0.2) is 70.1 Å². The molecule has 1 atom stereocenters. The fourth-order valence-corrected chi connectivity index (χ4v) is 6.66. The molecule has 0 aliphatic carbocycles. The molecular weight excluding hydrogens is 524 g/mol. The van der Waals surface area contributed by atoms with Gasteiger partial charge in [-0.1, -0.05) is 35.1 Å². The zero-order chi connectivity index (χ0) is 27.2. The number of tetrazole rings is 1. The minimum Gasteiger partial charge on any atom is -0.467 e. The number of anilines is 1. The summed E-state index contributed by atoms with van der Waals surface area (Å²) in [6.07, 6.45) is 1.64. The molecule has 1 aliphatic rings. The normalized spacial score (nSPS) is 15.3. The first kappa shape index (κ1) is 24.7. The van der Waals surface area contributed by atoms with E-state index in [0.717, 1.165) is 64.6 Å². The van der Waals surface area contributed by atoms with E-state index in [2.05, 4.69) is 61.5 Å². The summed E-state index contributed by atoms with van der Waals surface area (Å²) in [6.45, 7) is 7.46. The molecule has 1 unspecified atom stereocenters. The number of thiazole rings is 1. The Morgan fingerprint density at radius 2 is 1.90 bits per heavy atom. The van der Waals surface area contributed by atoms with E-state index in [9.17, 15) is 4.79 Å². The van der Waals surface area contributed by atoms with Crippen molar-refractivity contribution in [1.29, 1.82) is 0 Å². The number of aromatic amines is 1. The first-order valence-electron chi connectivity index (χ1n) is 13.3. The number of piperazine rings is 1. The van der Waals surface area contributed by atoms with Crippen LogP contribution in [0.4, 0.5) is 5.13 Å². The van der Waals surface area contributed by atoms with E-state index >= 15 is 0 Å². The lowest BCUT2D eigenvalue weighted by molar-refractivity contribution is 0.200. The summed E-state index contributed by atoms with van der Waals surface area (Å²) in [5.41, 5.74) is 4.56. The van der Waals surface area contributed by atoms with Gasteiger partial charge in [0.1, 0.15) is 18.3 Å². The summed E-state index contributed by atoms with van der Waals surface area (Å²) in [4.78, 5) is 26.3. The third-order valence-corrected chi connectivity index (χ3v) is 8.64. The van der Waals surface area contributed by atoms with Crippen LogP contribution in [0.5, 0.6) is 0 Å². The summed E-state index contributed by atoms with van der Waals surface area (Å²) in [5.74, 6) is 1.35. The minimum absolute atomic E-state index is 0.134. The van der Waals surface area contributed by atoms with Gasteiger partial charge in [-0.3, -0.25) is 9.69 Å². The Bertz CT molecular complexity index is 1830. The molecule has 10 nitrogen and oxygen atoms in total. The van der Waals surface area contributed by atoms with Gasteiger partial charge in [0.25, 0.3) is 5.56 Å². The molecule has 202 valence electrons. The maximum absolute atomic E-state index is 13.7. The summed E-state index contributed by atoms with van der Waals surface area (Å²) in [5, 5.41) is 14.8. The molecule has 0 bridgehead atoms. The van der Waals surface area contributed by atoms with Crippen LogP contribution >= 0.6 is 11.3 Å². The summed E-state index contributed by atoms with van der Waals surface area (Å²) >= 11 is 1.71. The smallest absolute Gasteiger partial charge is 0.253 e. The maximum Gasteiger partial charge on any atom is 0.253 e. The molecule has 6 aromatic rings. The van der Waals surface area contributed by atoms with Gasteiger partial charge in [-0.05, 0) is 71.6 Å². The largest absolute Gasteiger partial charge is 0.467 e. The molecule has 7 rings (SSSR count). The molecule has 0 saturated carbocycles. The Morgan fingerprint density at radius 3 is 2.70 bits per heavy atom.